The van der Waals surface area contributed by atoms with Gasteiger partial charge < -0.3 is 5.32 Å². The van der Waals surface area contributed by atoms with Crippen molar-refractivity contribution in [3.05, 3.63) is 45.7 Å². The van der Waals surface area contributed by atoms with Gasteiger partial charge in [0.1, 0.15) is 0 Å². The lowest BCUT2D eigenvalue weighted by Crippen LogP contribution is -2.23. The quantitative estimate of drug-likeness (QED) is 0.918. The largest absolute Gasteiger partial charge is 0.304 e. The molecule has 0 saturated carbocycles. The Bertz CT molecular complexity index is 530. The molecule has 0 aromatic carbocycles. The molecular formula is C15H19N3S2. The van der Waals surface area contributed by atoms with Gasteiger partial charge in [-0.25, -0.2) is 0 Å². The molecule has 106 valence electrons. The van der Waals surface area contributed by atoms with E-state index in [1.807, 2.05) is 29.3 Å². The number of thiophene rings is 1. The number of fused-ring (bicyclic) bond motifs is 1. The van der Waals surface area contributed by atoms with Crippen molar-refractivity contribution < 1.29 is 0 Å². The zero-order chi connectivity index (χ0) is 13.8. The fraction of sp³-hybridized carbons (Fsp3) is 0.467. The maximum atomic E-state index is 4.49. The zero-order valence-electron chi connectivity index (χ0n) is 11.6. The van der Waals surface area contributed by atoms with Gasteiger partial charge in [-0.15, -0.1) is 11.3 Å². The van der Waals surface area contributed by atoms with Crippen LogP contribution in [-0.2, 0) is 12.2 Å². The molecule has 1 aliphatic heterocycles. The molecular weight excluding hydrogens is 286 g/mol. The summed E-state index contributed by atoms with van der Waals surface area (Å²) in [6.45, 7) is 3.19. The van der Waals surface area contributed by atoms with Gasteiger partial charge in [-0.2, -0.15) is 11.8 Å². The molecule has 3 heterocycles. The molecule has 3 nitrogen and oxygen atoms in total. The highest BCUT2D eigenvalue weighted by Crippen LogP contribution is 2.35. The first kappa shape index (κ1) is 14.0. The predicted octanol–water partition coefficient (Wildman–Crippen LogP) is 3.42. The van der Waals surface area contributed by atoms with Crippen LogP contribution in [-0.4, -0.2) is 22.3 Å². The minimum absolute atomic E-state index is 0.184. The SMILES string of the molecule is CCCNC(c1cnccn1)c1cc2c(s1)CCSC2. The molecule has 0 spiro atoms. The summed E-state index contributed by atoms with van der Waals surface area (Å²) in [5.74, 6) is 2.41. The van der Waals surface area contributed by atoms with Crippen LogP contribution in [0.1, 0.15) is 40.4 Å². The monoisotopic (exact) mass is 305 g/mol. The summed E-state index contributed by atoms with van der Waals surface area (Å²) >= 11 is 3.98. The standard InChI is InChI=1S/C15H19N3S2/c1-2-4-18-15(12-9-16-5-6-17-12)14-8-11-10-19-7-3-13(11)20-14/h5-6,8-9,15,18H,2-4,7,10H2,1H3. The van der Waals surface area contributed by atoms with Crippen molar-refractivity contribution in [2.45, 2.75) is 31.6 Å². The summed E-state index contributed by atoms with van der Waals surface area (Å²) in [5.41, 5.74) is 2.54. The number of nitrogens with one attached hydrogen (secondary N) is 1. The van der Waals surface area contributed by atoms with Gasteiger partial charge in [-0.1, -0.05) is 6.92 Å². The van der Waals surface area contributed by atoms with Gasteiger partial charge in [0, 0.05) is 27.9 Å². The second kappa shape index (κ2) is 6.70. The molecule has 0 fully saturated rings. The molecule has 0 aliphatic carbocycles. The van der Waals surface area contributed by atoms with Gasteiger partial charge in [-0.05, 0) is 36.8 Å². The highest BCUT2D eigenvalue weighted by atomic mass is 32.2. The molecule has 0 radical (unpaired) electrons. The molecule has 5 heteroatoms. The Hall–Kier alpha value is -0.910. The first-order chi connectivity index (χ1) is 9.88. The van der Waals surface area contributed by atoms with Crippen molar-refractivity contribution in [1.29, 1.82) is 0 Å². The summed E-state index contributed by atoms with van der Waals surface area (Å²) < 4.78 is 0. The Morgan fingerprint density at radius 1 is 1.40 bits per heavy atom. The van der Waals surface area contributed by atoms with E-state index in [2.05, 4.69) is 28.3 Å². The van der Waals surface area contributed by atoms with Gasteiger partial charge in [0.05, 0.1) is 17.9 Å². The molecule has 1 atom stereocenters. The van der Waals surface area contributed by atoms with Crippen LogP contribution in [0.2, 0.25) is 0 Å². The highest BCUT2D eigenvalue weighted by Gasteiger charge is 2.21. The zero-order valence-corrected chi connectivity index (χ0v) is 13.3. The lowest BCUT2D eigenvalue weighted by molar-refractivity contribution is 0.591. The van der Waals surface area contributed by atoms with Gasteiger partial charge >= 0.3 is 0 Å². The molecule has 1 unspecified atom stereocenters. The van der Waals surface area contributed by atoms with Crippen LogP contribution in [0.15, 0.2) is 24.7 Å². The Morgan fingerprint density at radius 2 is 2.35 bits per heavy atom. The van der Waals surface area contributed by atoms with E-state index >= 15 is 0 Å². The van der Waals surface area contributed by atoms with E-state index in [0.29, 0.717) is 0 Å². The van der Waals surface area contributed by atoms with Crippen LogP contribution in [0.25, 0.3) is 0 Å². The van der Waals surface area contributed by atoms with Gasteiger partial charge in [0.2, 0.25) is 0 Å². The first-order valence-electron chi connectivity index (χ1n) is 7.07. The minimum Gasteiger partial charge on any atom is -0.304 e. The van der Waals surface area contributed by atoms with Crippen molar-refractivity contribution in [3.63, 3.8) is 0 Å². The molecule has 0 bridgehead atoms. The smallest absolute Gasteiger partial charge is 0.0860 e. The van der Waals surface area contributed by atoms with E-state index in [0.717, 1.165) is 24.4 Å². The van der Waals surface area contributed by atoms with E-state index in [-0.39, 0.29) is 6.04 Å². The van der Waals surface area contributed by atoms with Crippen LogP contribution < -0.4 is 5.32 Å². The van der Waals surface area contributed by atoms with Crippen molar-refractivity contribution in [2.75, 3.05) is 12.3 Å². The van der Waals surface area contributed by atoms with Crippen LogP contribution in [0.4, 0.5) is 0 Å². The average Bonchev–Trinajstić information content (AvgIpc) is 2.92. The van der Waals surface area contributed by atoms with Crippen LogP contribution in [0, 0.1) is 0 Å². The lowest BCUT2D eigenvalue weighted by atomic mass is 10.1. The molecule has 2 aromatic heterocycles. The molecule has 1 N–H and O–H groups in total. The molecule has 0 saturated heterocycles. The topological polar surface area (TPSA) is 37.8 Å². The summed E-state index contributed by atoms with van der Waals surface area (Å²) in [4.78, 5) is 11.7. The minimum atomic E-state index is 0.184. The average molecular weight is 305 g/mol. The third-order valence-electron chi connectivity index (χ3n) is 3.41. The normalized spacial score (nSPS) is 15.8. The number of nitrogens with zero attached hydrogens (tertiary/aromatic N) is 2. The summed E-state index contributed by atoms with van der Waals surface area (Å²) in [5, 5.41) is 3.61. The summed E-state index contributed by atoms with van der Waals surface area (Å²) in [6.07, 6.45) is 7.72. The molecule has 1 aliphatic rings. The van der Waals surface area contributed by atoms with Gasteiger partial charge in [-0.3, -0.25) is 9.97 Å². The third-order valence-corrected chi connectivity index (χ3v) is 5.72. The van der Waals surface area contributed by atoms with Gasteiger partial charge in [0.25, 0.3) is 0 Å². The van der Waals surface area contributed by atoms with Crippen molar-refractivity contribution in [3.8, 4) is 0 Å². The number of aryl methyl sites for hydroxylation is 1. The van der Waals surface area contributed by atoms with Crippen molar-refractivity contribution in [2.24, 2.45) is 0 Å². The van der Waals surface area contributed by atoms with Crippen LogP contribution in [0.3, 0.4) is 0 Å². The second-order valence-corrected chi connectivity index (χ2v) is 7.19. The van der Waals surface area contributed by atoms with E-state index < -0.39 is 0 Å². The summed E-state index contributed by atoms with van der Waals surface area (Å²) in [6, 6.07) is 2.55. The fourth-order valence-corrected chi connectivity index (χ4v) is 4.88. The predicted molar refractivity (Wildman–Crippen MR) is 86.4 cm³/mol. The van der Waals surface area contributed by atoms with E-state index in [4.69, 9.17) is 0 Å². The van der Waals surface area contributed by atoms with E-state index in [1.54, 1.807) is 17.3 Å². The first-order valence-corrected chi connectivity index (χ1v) is 9.04. The highest BCUT2D eigenvalue weighted by molar-refractivity contribution is 7.98. The van der Waals surface area contributed by atoms with Gasteiger partial charge in [0.15, 0.2) is 0 Å². The Labute approximate surface area is 128 Å². The van der Waals surface area contributed by atoms with Crippen LogP contribution >= 0.6 is 23.1 Å². The Morgan fingerprint density at radius 3 is 3.10 bits per heavy atom. The summed E-state index contributed by atoms with van der Waals surface area (Å²) in [7, 11) is 0. The maximum Gasteiger partial charge on any atom is 0.0860 e. The molecule has 2 aromatic rings. The Balaban J connectivity index is 1.90. The maximum absolute atomic E-state index is 4.49. The number of hydrogen-bond donors (Lipinski definition) is 1. The fourth-order valence-electron chi connectivity index (χ4n) is 2.41. The van der Waals surface area contributed by atoms with E-state index in [1.165, 1.54) is 22.6 Å². The molecule has 3 rings (SSSR count). The number of rotatable bonds is 5. The molecule has 20 heavy (non-hydrogen) atoms. The van der Waals surface area contributed by atoms with E-state index in [9.17, 15) is 0 Å². The third kappa shape index (κ3) is 3.05. The van der Waals surface area contributed by atoms with Crippen LogP contribution in [0.5, 0.6) is 0 Å². The van der Waals surface area contributed by atoms with Crippen molar-refractivity contribution in [1.82, 2.24) is 15.3 Å². The number of hydrogen-bond acceptors (Lipinski definition) is 5. The van der Waals surface area contributed by atoms with Crippen molar-refractivity contribution >= 4 is 23.1 Å². The molecule has 0 amide bonds. The second-order valence-electron chi connectivity index (χ2n) is 4.92. The number of thioether (sulfide) groups is 1. The lowest BCUT2D eigenvalue weighted by Gasteiger charge is -2.16. The number of aromatic nitrogens is 2. The Kier molecular flexibility index (Phi) is 4.70.